The number of carbonyl (C=O) groups is 1. The first kappa shape index (κ1) is 23.7. The Bertz CT molecular complexity index is 1270. The van der Waals surface area contributed by atoms with Crippen LogP contribution in [0.3, 0.4) is 0 Å². The highest BCUT2D eigenvalue weighted by Gasteiger charge is 2.31. The second-order valence-electron chi connectivity index (χ2n) is 7.51. The maximum atomic E-state index is 13.0. The lowest BCUT2D eigenvalue weighted by molar-refractivity contribution is -0.274. The lowest BCUT2D eigenvalue weighted by atomic mass is 9.98. The number of nitrogens with zero attached hydrogens (tertiary/aromatic N) is 2. The minimum absolute atomic E-state index is 0.0375. The molecule has 0 saturated carbocycles. The molecule has 35 heavy (non-hydrogen) atoms. The molecule has 0 aliphatic carbocycles. The van der Waals surface area contributed by atoms with Crippen molar-refractivity contribution in [2.45, 2.75) is 12.8 Å². The third-order valence-electron chi connectivity index (χ3n) is 4.99. The molecule has 2 aromatic heterocycles. The van der Waals surface area contributed by atoms with Crippen molar-refractivity contribution in [3.8, 4) is 16.9 Å². The number of pyridine rings is 2. The number of ether oxygens (including phenoxy) is 1. The van der Waals surface area contributed by atoms with Gasteiger partial charge in [0.2, 0.25) is 0 Å². The molecule has 2 N–H and O–H groups in total. The summed E-state index contributed by atoms with van der Waals surface area (Å²) < 4.78 is 42.2. The predicted octanol–water partition coefficient (Wildman–Crippen LogP) is 5.95. The van der Waals surface area contributed by atoms with Crippen LogP contribution in [0.4, 0.5) is 24.7 Å². The van der Waals surface area contributed by atoms with Crippen LogP contribution in [-0.2, 0) is 6.42 Å². The first-order chi connectivity index (χ1) is 16.9. The molecule has 0 aliphatic heterocycles. The number of rotatable bonds is 8. The maximum Gasteiger partial charge on any atom is 0.573 e. The van der Waals surface area contributed by atoms with E-state index in [1.165, 1.54) is 18.3 Å². The van der Waals surface area contributed by atoms with Gasteiger partial charge in [-0.15, -0.1) is 13.2 Å². The van der Waals surface area contributed by atoms with Gasteiger partial charge in [-0.25, -0.2) is 4.98 Å². The molecule has 0 fully saturated rings. The van der Waals surface area contributed by atoms with E-state index in [2.05, 4.69) is 25.3 Å². The number of carbonyl (C=O) groups excluding carboxylic acids is 1. The highest BCUT2D eigenvalue weighted by Crippen LogP contribution is 2.31. The molecule has 2 aromatic carbocycles. The van der Waals surface area contributed by atoms with E-state index in [9.17, 15) is 18.0 Å². The monoisotopic (exact) mass is 478 g/mol. The summed E-state index contributed by atoms with van der Waals surface area (Å²) in [6.45, 7) is 0.627. The molecular weight excluding hydrogens is 457 g/mol. The van der Waals surface area contributed by atoms with Gasteiger partial charge in [0.15, 0.2) is 0 Å². The van der Waals surface area contributed by atoms with E-state index >= 15 is 0 Å². The van der Waals surface area contributed by atoms with Crippen molar-refractivity contribution < 1.29 is 22.7 Å². The highest BCUT2D eigenvalue weighted by atomic mass is 19.4. The second-order valence-corrected chi connectivity index (χ2v) is 7.51. The second kappa shape index (κ2) is 10.7. The number of hydrogen-bond donors (Lipinski definition) is 2. The Morgan fingerprint density at radius 1 is 0.914 bits per heavy atom. The van der Waals surface area contributed by atoms with Gasteiger partial charge < -0.3 is 15.4 Å². The summed E-state index contributed by atoms with van der Waals surface area (Å²) in [6.07, 6.45) is -0.941. The molecule has 0 radical (unpaired) electrons. The Balaban J connectivity index is 1.47. The van der Waals surface area contributed by atoms with Crippen molar-refractivity contribution in [2.24, 2.45) is 0 Å². The van der Waals surface area contributed by atoms with Gasteiger partial charge in [0, 0.05) is 24.9 Å². The number of halogens is 3. The smallest absolute Gasteiger partial charge is 0.406 e. The van der Waals surface area contributed by atoms with Gasteiger partial charge in [-0.05, 0) is 53.6 Å². The van der Waals surface area contributed by atoms with Crippen LogP contribution in [0.5, 0.6) is 5.75 Å². The fourth-order valence-electron chi connectivity index (χ4n) is 3.41. The molecule has 4 aromatic rings. The van der Waals surface area contributed by atoms with Crippen molar-refractivity contribution in [2.75, 3.05) is 17.2 Å². The number of nitrogens with one attached hydrogen (secondary N) is 2. The Labute approximate surface area is 199 Å². The number of benzene rings is 2. The summed E-state index contributed by atoms with van der Waals surface area (Å²) in [5.41, 5.74) is 2.54. The highest BCUT2D eigenvalue weighted by molar-refractivity contribution is 6.09. The maximum absolute atomic E-state index is 13.0. The molecule has 0 atom stereocenters. The van der Waals surface area contributed by atoms with Crippen molar-refractivity contribution in [3.63, 3.8) is 0 Å². The van der Waals surface area contributed by atoms with Gasteiger partial charge in [0.05, 0.1) is 17.4 Å². The average Bonchev–Trinajstić information content (AvgIpc) is 2.85. The molecule has 6 nitrogen and oxygen atoms in total. The van der Waals surface area contributed by atoms with E-state index in [1.807, 2.05) is 24.3 Å². The van der Waals surface area contributed by atoms with E-state index in [4.69, 9.17) is 0 Å². The molecule has 1 amide bonds. The average molecular weight is 478 g/mol. The number of alkyl halides is 3. The molecule has 9 heteroatoms. The van der Waals surface area contributed by atoms with Gasteiger partial charge in [-0.1, -0.05) is 36.4 Å². The van der Waals surface area contributed by atoms with Crippen LogP contribution in [0.2, 0.25) is 0 Å². The first-order valence-corrected chi connectivity index (χ1v) is 10.7. The Morgan fingerprint density at radius 2 is 1.71 bits per heavy atom. The van der Waals surface area contributed by atoms with E-state index in [0.717, 1.165) is 18.2 Å². The minimum Gasteiger partial charge on any atom is -0.406 e. The molecule has 178 valence electrons. The molecule has 0 bridgehead atoms. The van der Waals surface area contributed by atoms with Crippen LogP contribution >= 0.6 is 0 Å². The van der Waals surface area contributed by atoms with Crippen molar-refractivity contribution in [3.05, 3.63) is 103 Å². The zero-order valence-electron chi connectivity index (χ0n) is 18.4. The number of amides is 1. The van der Waals surface area contributed by atoms with Gasteiger partial charge in [-0.3, -0.25) is 9.78 Å². The zero-order chi connectivity index (χ0) is 24.7. The summed E-state index contributed by atoms with van der Waals surface area (Å²) in [5.74, 6) is -0.452. The quantitative estimate of drug-likeness (QED) is 0.327. The summed E-state index contributed by atoms with van der Waals surface area (Å²) in [5, 5.41) is 5.87. The lowest BCUT2D eigenvalue weighted by Gasteiger charge is -2.14. The van der Waals surface area contributed by atoms with E-state index in [-0.39, 0.29) is 5.56 Å². The van der Waals surface area contributed by atoms with Crippen LogP contribution in [0.15, 0.2) is 91.3 Å². The molecule has 0 unspecified atom stereocenters. The van der Waals surface area contributed by atoms with Gasteiger partial charge in [-0.2, -0.15) is 0 Å². The molecular formula is C26H21F3N4O2. The Morgan fingerprint density at radius 3 is 2.40 bits per heavy atom. The number of anilines is 2. The topological polar surface area (TPSA) is 76.1 Å². The number of hydrogen-bond acceptors (Lipinski definition) is 5. The van der Waals surface area contributed by atoms with Gasteiger partial charge >= 0.3 is 6.36 Å². The summed E-state index contributed by atoms with van der Waals surface area (Å²) >= 11 is 0. The van der Waals surface area contributed by atoms with Crippen molar-refractivity contribution in [1.29, 1.82) is 0 Å². The molecule has 4 rings (SSSR count). The zero-order valence-corrected chi connectivity index (χ0v) is 18.4. The Hall–Kier alpha value is -4.40. The van der Waals surface area contributed by atoms with E-state index in [1.54, 1.807) is 42.6 Å². The fourth-order valence-corrected chi connectivity index (χ4v) is 3.41. The largest absolute Gasteiger partial charge is 0.573 e. The SMILES string of the molecule is O=C(Nc1ccc(NCCc2ccccn2)nc1)c1cc(OC(F)(F)F)ccc1-c1ccccc1. The summed E-state index contributed by atoms with van der Waals surface area (Å²) in [7, 11) is 0. The standard InChI is InChI=1S/C26H21F3N4O2/c27-26(28,29)35-21-10-11-22(18-6-2-1-3-7-18)23(16-21)25(34)33-20-9-12-24(32-17-20)31-15-13-19-8-4-5-14-30-19/h1-12,14,16-17H,13,15H2,(H,31,32)(H,33,34). The van der Waals surface area contributed by atoms with Gasteiger partial charge in [0.25, 0.3) is 5.91 Å². The predicted molar refractivity (Wildman–Crippen MR) is 127 cm³/mol. The molecule has 0 saturated heterocycles. The lowest BCUT2D eigenvalue weighted by Crippen LogP contribution is -2.18. The van der Waals surface area contributed by atoms with Crippen LogP contribution in [0, 0.1) is 0 Å². The molecule has 0 spiro atoms. The first-order valence-electron chi connectivity index (χ1n) is 10.7. The summed E-state index contributed by atoms with van der Waals surface area (Å²) in [4.78, 5) is 21.6. The van der Waals surface area contributed by atoms with E-state index in [0.29, 0.717) is 29.2 Å². The van der Waals surface area contributed by atoms with Crippen LogP contribution < -0.4 is 15.4 Å². The van der Waals surface area contributed by atoms with Crippen LogP contribution in [0.25, 0.3) is 11.1 Å². The Kier molecular flexibility index (Phi) is 7.25. The molecule has 0 aliphatic rings. The van der Waals surface area contributed by atoms with Crippen molar-refractivity contribution >= 4 is 17.4 Å². The molecule has 2 heterocycles. The van der Waals surface area contributed by atoms with Gasteiger partial charge in [0.1, 0.15) is 11.6 Å². The van der Waals surface area contributed by atoms with Crippen LogP contribution in [0.1, 0.15) is 16.1 Å². The third-order valence-corrected chi connectivity index (χ3v) is 4.99. The third kappa shape index (κ3) is 6.80. The number of aromatic nitrogens is 2. The van der Waals surface area contributed by atoms with E-state index < -0.39 is 18.0 Å². The van der Waals surface area contributed by atoms with Crippen molar-refractivity contribution in [1.82, 2.24) is 9.97 Å². The van der Waals surface area contributed by atoms with Crippen LogP contribution in [-0.4, -0.2) is 28.8 Å². The fraction of sp³-hybridized carbons (Fsp3) is 0.115. The summed E-state index contributed by atoms with van der Waals surface area (Å²) in [6, 6.07) is 21.7. The minimum atomic E-state index is -4.87. The normalized spacial score (nSPS) is 11.1.